The van der Waals surface area contributed by atoms with Gasteiger partial charge in [0, 0.05) is 25.8 Å². The quantitative estimate of drug-likeness (QED) is 0.754. The Kier molecular flexibility index (Phi) is 7.05. The van der Waals surface area contributed by atoms with Crippen LogP contribution >= 0.6 is 0 Å². The molecule has 0 radical (unpaired) electrons. The summed E-state index contributed by atoms with van der Waals surface area (Å²) in [5, 5.41) is 2.86. The molecule has 1 fully saturated rings. The minimum absolute atomic E-state index is 0.0732. The summed E-state index contributed by atoms with van der Waals surface area (Å²) in [6.07, 6.45) is 2.34. The van der Waals surface area contributed by atoms with Gasteiger partial charge >= 0.3 is 0 Å². The van der Waals surface area contributed by atoms with Crippen molar-refractivity contribution in [3.63, 3.8) is 0 Å². The Morgan fingerprint density at radius 2 is 1.83 bits per heavy atom. The Morgan fingerprint density at radius 3 is 2.48 bits per heavy atom. The fourth-order valence-electron chi connectivity index (χ4n) is 3.65. The molecule has 0 unspecified atom stereocenters. The normalized spacial score (nSPS) is 18.0. The summed E-state index contributed by atoms with van der Waals surface area (Å²) < 4.78 is 26.9. The lowest BCUT2D eigenvalue weighted by atomic mass is 10.0. The highest BCUT2D eigenvalue weighted by Gasteiger charge is 2.21. The van der Waals surface area contributed by atoms with Crippen molar-refractivity contribution in [2.75, 3.05) is 32.0 Å². The van der Waals surface area contributed by atoms with E-state index in [0.29, 0.717) is 24.7 Å². The van der Waals surface area contributed by atoms with Crippen LogP contribution in [-0.4, -0.2) is 50.2 Å². The molecule has 29 heavy (non-hydrogen) atoms. The molecule has 1 atom stereocenters. The van der Waals surface area contributed by atoms with E-state index >= 15 is 0 Å². The average Bonchev–Trinajstić information content (AvgIpc) is 2.69. The fraction of sp³-hybridized carbons (Fsp3) is 0.409. The summed E-state index contributed by atoms with van der Waals surface area (Å²) in [4.78, 5) is 14.7. The Hall–Kier alpha value is -2.22. The van der Waals surface area contributed by atoms with Crippen LogP contribution in [0.2, 0.25) is 0 Å². The van der Waals surface area contributed by atoms with Gasteiger partial charge in [-0.05, 0) is 55.1 Å². The minimum Gasteiger partial charge on any atom is -0.325 e. The molecule has 0 aromatic heterocycles. The van der Waals surface area contributed by atoms with E-state index in [0.717, 1.165) is 25.1 Å². The van der Waals surface area contributed by atoms with Crippen molar-refractivity contribution in [1.29, 1.82) is 0 Å². The molecule has 1 aliphatic rings. The lowest BCUT2D eigenvalue weighted by Gasteiger charge is -2.30. The highest BCUT2D eigenvalue weighted by Crippen LogP contribution is 2.20. The van der Waals surface area contributed by atoms with Crippen molar-refractivity contribution in [1.82, 2.24) is 9.21 Å². The summed E-state index contributed by atoms with van der Waals surface area (Å²) in [6, 6.07) is 15.8. The van der Waals surface area contributed by atoms with Crippen LogP contribution in [0.4, 0.5) is 5.69 Å². The topological polar surface area (TPSA) is 69.7 Å². The zero-order chi connectivity index (χ0) is 20.9. The maximum atomic E-state index is 12.8. The van der Waals surface area contributed by atoms with E-state index in [9.17, 15) is 13.2 Å². The number of amides is 1. The number of nitrogens with zero attached hydrogens (tertiary/aromatic N) is 2. The number of anilines is 1. The van der Waals surface area contributed by atoms with Crippen molar-refractivity contribution in [3.05, 3.63) is 60.2 Å². The Labute approximate surface area is 173 Å². The molecule has 2 aromatic rings. The highest BCUT2D eigenvalue weighted by atomic mass is 32.2. The maximum Gasteiger partial charge on any atom is 0.243 e. The molecule has 3 rings (SSSR count). The molecular weight excluding hydrogens is 386 g/mol. The molecule has 1 saturated heterocycles. The van der Waals surface area contributed by atoms with E-state index in [1.54, 1.807) is 19.2 Å². The van der Waals surface area contributed by atoms with E-state index in [1.807, 2.05) is 30.3 Å². The van der Waals surface area contributed by atoms with E-state index in [-0.39, 0.29) is 10.8 Å². The van der Waals surface area contributed by atoms with Crippen molar-refractivity contribution < 1.29 is 13.2 Å². The number of carbonyl (C=O) groups excluding carboxylic acids is 1. The van der Waals surface area contributed by atoms with Crippen LogP contribution < -0.4 is 5.32 Å². The van der Waals surface area contributed by atoms with E-state index < -0.39 is 10.0 Å². The van der Waals surface area contributed by atoms with Gasteiger partial charge in [-0.25, -0.2) is 8.42 Å². The zero-order valence-corrected chi connectivity index (χ0v) is 17.9. The number of carbonyl (C=O) groups is 1. The molecule has 1 aliphatic heterocycles. The van der Waals surface area contributed by atoms with Crippen LogP contribution in [0.25, 0.3) is 0 Å². The first-order valence-corrected chi connectivity index (χ1v) is 11.4. The van der Waals surface area contributed by atoms with Gasteiger partial charge in [0.15, 0.2) is 0 Å². The van der Waals surface area contributed by atoms with Crippen LogP contribution in [0.5, 0.6) is 0 Å². The molecule has 0 spiro atoms. The number of nitrogens with one attached hydrogen (secondary N) is 1. The SMILES string of the molecule is C[C@@H]1CCCN(CC(=O)Nc2ccc(S(=O)(=O)N(C)Cc3ccccc3)cc2)C1. The van der Waals surface area contributed by atoms with Crippen LogP contribution in [0, 0.1) is 5.92 Å². The second-order valence-corrected chi connectivity index (χ2v) is 9.85. The van der Waals surface area contributed by atoms with Crippen LogP contribution in [0.3, 0.4) is 0 Å². The smallest absolute Gasteiger partial charge is 0.243 e. The molecule has 1 heterocycles. The van der Waals surface area contributed by atoms with Crippen LogP contribution in [0.15, 0.2) is 59.5 Å². The largest absolute Gasteiger partial charge is 0.325 e. The molecule has 1 N–H and O–H groups in total. The van der Waals surface area contributed by atoms with E-state index in [4.69, 9.17) is 0 Å². The third kappa shape index (κ3) is 5.88. The summed E-state index contributed by atoms with van der Waals surface area (Å²) in [7, 11) is -2.03. The first-order chi connectivity index (χ1) is 13.8. The van der Waals surface area contributed by atoms with Gasteiger partial charge in [-0.1, -0.05) is 37.3 Å². The first-order valence-electron chi connectivity index (χ1n) is 9.97. The van der Waals surface area contributed by atoms with Crippen LogP contribution in [0.1, 0.15) is 25.3 Å². The number of rotatable bonds is 7. The minimum atomic E-state index is -3.60. The number of piperidine rings is 1. The van der Waals surface area contributed by atoms with Gasteiger partial charge in [-0.2, -0.15) is 4.31 Å². The number of sulfonamides is 1. The van der Waals surface area contributed by atoms with E-state index in [2.05, 4.69) is 17.1 Å². The average molecular weight is 416 g/mol. The second kappa shape index (κ2) is 9.52. The van der Waals surface area contributed by atoms with Gasteiger partial charge in [0.1, 0.15) is 0 Å². The molecule has 0 aliphatic carbocycles. The van der Waals surface area contributed by atoms with Crippen molar-refractivity contribution in [3.8, 4) is 0 Å². The third-order valence-corrected chi connectivity index (χ3v) is 7.02. The van der Waals surface area contributed by atoms with Gasteiger partial charge in [-0.3, -0.25) is 9.69 Å². The van der Waals surface area contributed by atoms with Gasteiger partial charge in [0.05, 0.1) is 11.4 Å². The standard InChI is InChI=1S/C22H29N3O3S/c1-18-7-6-14-25(15-18)17-22(26)23-20-10-12-21(13-11-20)29(27,28)24(2)16-19-8-4-3-5-9-19/h3-5,8-13,18H,6-7,14-17H2,1-2H3,(H,23,26)/t18-/m1/s1. The van der Waals surface area contributed by atoms with Crippen molar-refractivity contribution in [2.24, 2.45) is 5.92 Å². The lowest BCUT2D eigenvalue weighted by molar-refractivity contribution is -0.117. The van der Waals surface area contributed by atoms with Gasteiger partial charge < -0.3 is 5.32 Å². The Morgan fingerprint density at radius 1 is 1.14 bits per heavy atom. The molecule has 7 heteroatoms. The lowest BCUT2D eigenvalue weighted by Crippen LogP contribution is -2.39. The molecule has 1 amide bonds. The molecule has 2 aromatic carbocycles. The van der Waals surface area contributed by atoms with Gasteiger partial charge in [-0.15, -0.1) is 0 Å². The fourth-order valence-corrected chi connectivity index (χ4v) is 4.81. The summed E-state index contributed by atoms with van der Waals surface area (Å²) in [5.74, 6) is 0.546. The van der Waals surface area contributed by atoms with Gasteiger partial charge in [0.2, 0.25) is 15.9 Å². The van der Waals surface area contributed by atoms with Crippen molar-refractivity contribution in [2.45, 2.75) is 31.2 Å². The number of benzene rings is 2. The molecule has 0 bridgehead atoms. The molecule has 156 valence electrons. The maximum absolute atomic E-state index is 12.8. The molecule has 0 saturated carbocycles. The number of likely N-dealkylation sites (tertiary alicyclic amines) is 1. The van der Waals surface area contributed by atoms with Crippen LogP contribution in [-0.2, 0) is 21.4 Å². The summed E-state index contributed by atoms with van der Waals surface area (Å²) in [5.41, 5.74) is 1.53. The monoisotopic (exact) mass is 415 g/mol. The van der Waals surface area contributed by atoms with Crippen molar-refractivity contribution >= 4 is 21.6 Å². The predicted molar refractivity (Wildman–Crippen MR) is 115 cm³/mol. The molecular formula is C22H29N3O3S. The third-order valence-electron chi connectivity index (χ3n) is 5.20. The first kappa shape index (κ1) is 21.5. The summed E-state index contributed by atoms with van der Waals surface area (Å²) >= 11 is 0. The number of hydrogen-bond donors (Lipinski definition) is 1. The molecule has 6 nitrogen and oxygen atoms in total. The van der Waals surface area contributed by atoms with Gasteiger partial charge in [0.25, 0.3) is 0 Å². The Balaban J connectivity index is 1.59. The predicted octanol–water partition coefficient (Wildman–Crippen LogP) is 3.18. The zero-order valence-electron chi connectivity index (χ0n) is 17.0. The summed E-state index contributed by atoms with van der Waals surface area (Å²) in [6.45, 7) is 4.76. The Bertz CT molecular complexity index is 914. The highest BCUT2D eigenvalue weighted by molar-refractivity contribution is 7.89. The number of hydrogen-bond acceptors (Lipinski definition) is 4. The van der Waals surface area contributed by atoms with E-state index in [1.165, 1.54) is 22.9 Å². The second-order valence-electron chi connectivity index (χ2n) is 7.80.